The van der Waals surface area contributed by atoms with Crippen LogP contribution in [-0.2, 0) is 0 Å². The molecule has 0 nitrogen and oxygen atoms in total. The van der Waals surface area contributed by atoms with Crippen molar-refractivity contribution in [2.75, 3.05) is 4.43 Å². The van der Waals surface area contributed by atoms with Crippen LogP contribution in [0.15, 0.2) is 15.9 Å². The first-order valence-electron chi connectivity index (χ1n) is 5.91. The van der Waals surface area contributed by atoms with Gasteiger partial charge in [0.2, 0.25) is 0 Å². The Bertz CT molecular complexity index is 181. The molecule has 0 heterocycles. The molecular formula is C13H22I2. The molecule has 0 aromatic rings. The fraction of sp³-hybridized carbons (Fsp3) is 0.769. The Morgan fingerprint density at radius 1 is 0.867 bits per heavy atom. The summed E-state index contributed by atoms with van der Waals surface area (Å²) in [5.74, 6) is 0. The van der Waals surface area contributed by atoms with Crippen molar-refractivity contribution >= 4 is 45.2 Å². The van der Waals surface area contributed by atoms with E-state index in [0.717, 1.165) is 0 Å². The third-order valence-electron chi connectivity index (χ3n) is 2.47. The van der Waals surface area contributed by atoms with E-state index in [1.54, 1.807) is 0 Å². The first-order valence-corrected chi connectivity index (χ1v) is 8.52. The highest BCUT2D eigenvalue weighted by atomic mass is 127. The van der Waals surface area contributed by atoms with Crippen molar-refractivity contribution in [3.63, 3.8) is 0 Å². The van der Waals surface area contributed by atoms with Gasteiger partial charge in [-0.1, -0.05) is 67.7 Å². The van der Waals surface area contributed by atoms with Crippen LogP contribution in [0.2, 0.25) is 0 Å². The van der Waals surface area contributed by atoms with Crippen LogP contribution in [0.4, 0.5) is 0 Å². The van der Waals surface area contributed by atoms with E-state index in [2.05, 4.69) is 57.5 Å². The number of alkyl halides is 1. The van der Waals surface area contributed by atoms with Crippen molar-refractivity contribution in [2.24, 2.45) is 0 Å². The van der Waals surface area contributed by atoms with Gasteiger partial charge in [0, 0.05) is 3.58 Å². The molecule has 2 heteroatoms. The molecule has 0 aliphatic rings. The van der Waals surface area contributed by atoms with E-state index in [1.165, 1.54) is 65.8 Å². The van der Waals surface area contributed by atoms with E-state index in [0.29, 0.717) is 0 Å². The van der Waals surface area contributed by atoms with E-state index < -0.39 is 0 Å². The maximum Gasteiger partial charge on any atom is 0.0317 e. The van der Waals surface area contributed by atoms with Crippen molar-refractivity contribution in [3.8, 4) is 0 Å². The first-order chi connectivity index (χ1) is 7.31. The minimum Gasteiger partial charge on any atom is -0.119 e. The zero-order valence-electron chi connectivity index (χ0n) is 9.53. The van der Waals surface area contributed by atoms with Crippen LogP contribution in [0.25, 0.3) is 0 Å². The van der Waals surface area contributed by atoms with Gasteiger partial charge in [-0.05, 0) is 46.3 Å². The standard InChI is InChI=1S/C13H22I2/c1-2-13(15)11-9-7-5-3-4-6-8-10-12-14/h1,3-12H2. The molecule has 0 aliphatic heterocycles. The molecule has 0 amide bonds. The minimum absolute atomic E-state index is 1.18. The Hall–Kier alpha value is 0.980. The molecule has 0 atom stereocenters. The molecule has 0 aromatic heterocycles. The van der Waals surface area contributed by atoms with E-state index in [-0.39, 0.29) is 0 Å². The average molecular weight is 432 g/mol. The fourth-order valence-corrected chi connectivity index (χ4v) is 2.44. The molecule has 88 valence electrons. The third kappa shape index (κ3) is 12.9. The highest BCUT2D eigenvalue weighted by Gasteiger charge is 1.93. The SMILES string of the molecule is C=C=C(I)CCCCCCCCCCI. The van der Waals surface area contributed by atoms with Gasteiger partial charge in [-0.2, -0.15) is 0 Å². The summed E-state index contributed by atoms with van der Waals surface area (Å²) in [7, 11) is 0. The molecule has 0 saturated heterocycles. The molecule has 0 radical (unpaired) electrons. The van der Waals surface area contributed by atoms with Gasteiger partial charge in [0.05, 0.1) is 0 Å². The summed E-state index contributed by atoms with van der Waals surface area (Å²) in [6, 6.07) is 0. The summed E-state index contributed by atoms with van der Waals surface area (Å²) in [6.07, 6.45) is 12.4. The quantitative estimate of drug-likeness (QED) is 0.171. The molecule has 0 saturated carbocycles. The molecule has 0 bridgehead atoms. The van der Waals surface area contributed by atoms with Crippen LogP contribution >= 0.6 is 45.2 Å². The molecule has 0 spiro atoms. The number of allylic oxidation sites excluding steroid dienone is 1. The Morgan fingerprint density at radius 2 is 1.33 bits per heavy atom. The topological polar surface area (TPSA) is 0 Å². The summed E-state index contributed by atoms with van der Waals surface area (Å²) >= 11 is 4.79. The summed E-state index contributed by atoms with van der Waals surface area (Å²) in [6.45, 7) is 3.65. The normalized spacial score (nSPS) is 10.0. The van der Waals surface area contributed by atoms with Crippen molar-refractivity contribution < 1.29 is 0 Å². The highest BCUT2D eigenvalue weighted by molar-refractivity contribution is 14.1. The maximum absolute atomic E-state index is 3.65. The Kier molecular flexibility index (Phi) is 13.9. The monoisotopic (exact) mass is 432 g/mol. The van der Waals surface area contributed by atoms with Gasteiger partial charge < -0.3 is 0 Å². The largest absolute Gasteiger partial charge is 0.119 e. The van der Waals surface area contributed by atoms with Gasteiger partial charge in [0.1, 0.15) is 0 Å². The molecule has 15 heavy (non-hydrogen) atoms. The van der Waals surface area contributed by atoms with Crippen LogP contribution < -0.4 is 0 Å². The molecular weight excluding hydrogens is 410 g/mol. The molecule has 0 N–H and O–H groups in total. The third-order valence-corrected chi connectivity index (χ3v) is 4.16. The van der Waals surface area contributed by atoms with Crippen LogP contribution in [0.3, 0.4) is 0 Å². The number of halogens is 2. The number of unbranched alkanes of at least 4 members (excludes halogenated alkanes) is 7. The summed E-state index contributed by atoms with van der Waals surface area (Å²) < 4.78 is 2.61. The number of hydrogen-bond donors (Lipinski definition) is 0. The molecule has 0 unspecified atom stereocenters. The Morgan fingerprint density at radius 3 is 1.80 bits per heavy atom. The van der Waals surface area contributed by atoms with Crippen LogP contribution in [0, 0.1) is 0 Å². The lowest BCUT2D eigenvalue weighted by atomic mass is 10.1. The predicted octanol–water partition coefficient (Wildman–Crippen LogP) is 6.04. The number of hydrogen-bond acceptors (Lipinski definition) is 0. The lowest BCUT2D eigenvalue weighted by Crippen LogP contribution is -1.82. The maximum atomic E-state index is 3.65. The van der Waals surface area contributed by atoms with Gasteiger partial charge in [0.15, 0.2) is 0 Å². The second-order valence-corrected chi connectivity index (χ2v) is 6.23. The molecule has 0 aliphatic carbocycles. The highest BCUT2D eigenvalue weighted by Crippen LogP contribution is 2.15. The summed E-state index contributed by atoms with van der Waals surface area (Å²) in [4.78, 5) is 0. The second-order valence-electron chi connectivity index (χ2n) is 3.85. The fourth-order valence-electron chi connectivity index (χ4n) is 1.52. The summed E-state index contributed by atoms with van der Waals surface area (Å²) in [5.41, 5.74) is 2.94. The van der Waals surface area contributed by atoms with Crippen molar-refractivity contribution in [1.29, 1.82) is 0 Å². The van der Waals surface area contributed by atoms with Gasteiger partial charge in [-0.15, -0.1) is 5.73 Å². The van der Waals surface area contributed by atoms with Gasteiger partial charge in [-0.25, -0.2) is 0 Å². The molecule has 0 fully saturated rings. The smallest absolute Gasteiger partial charge is 0.0317 e. The lowest BCUT2D eigenvalue weighted by Gasteiger charge is -2.01. The Labute approximate surface area is 122 Å². The molecule has 0 rings (SSSR count). The zero-order valence-corrected chi connectivity index (χ0v) is 13.8. The van der Waals surface area contributed by atoms with Crippen LogP contribution in [-0.4, -0.2) is 4.43 Å². The average Bonchev–Trinajstić information content (AvgIpc) is 2.26. The van der Waals surface area contributed by atoms with Crippen LogP contribution in [0.5, 0.6) is 0 Å². The predicted molar refractivity (Wildman–Crippen MR) is 87.1 cm³/mol. The minimum atomic E-state index is 1.18. The van der Waals surface area contributed by atoms with E-state index in [4.69, 9.17) is 0 Å². The lowest BCUT2D eigenvalue weighted by molar-refractivity contribution is 0.579. The van der Waals surface area contributed by atoms with Gasteiger partial charge >= 0.3 is 0 Å². The Balaban J connectivity index is 3.02. The summed E-state index contributed by atoms with van der Waals surface area (Å²) in [5, 5.41) is 0. The van der Waals surface area contributed by atoms with Gasteiger partial charge in [-0.3, -0.25) is 0 Å². The van der Waals surface area contributed by atoms with E-state index in [9.17, 15) is 0 Å². The molecule has 0 aromatic carbocycles. The first kappa shape index (κ1) is 16.0. The van der Waals surface area contributed by atoms with Crippen molar-refractivity contribution in [2.45, 2.75) is 57.8 Å². The van der Waals surface area contributed by atoms with Crippen molar-refractivity contribution in [1.82, 2.24) is 0 Å². The van der Waals surface area contributed by atoms with E-state index >= 15 is 0 Å². The van der Waals surface area contributed by atoms with Gasteiger partial charge in [0.25, 0.3) is 0 Å². The second kappa shape index (κ2) is 13.0. The van der Waals surface area contributed by atoms with Crippen LogP contribution in [0.1, 0.15) is 57.8 Å². The van der Waals surface area contributed by atoms with Crippen molar-refractivity contribution in [3.05, 3.63) is 15.9 Å². The zero-order chi connectivity index (χ0) is 11.4. The van der Waals surface area contributed by atoms with E-state index in [1.807, 2.05) is 0 Å². The number of rotatable bonds is 10.